The molecule has 0 aromatic heterocycles. The van der Waals surface area contributed by atoms with E-state index in [1.165, 1.54) is 0 Å². The summed E-state index contributed by atoms with van der Waals surface area (Å²) in [6.45, 7) is 1.20. The number of hydrogen-bond acceptors (Lipinski definition) is 4. The molecular formula is C20H23ClN2O4. The van der Waals surface area contributed by atoms with Gasteiger partial charge in [0.1, 0.15) is 18.1 Å². The predicted molar refractivity (Wildman–Crippen MR) is 105 cm³/mol. The molecule has 0 saturated carbocycles. The number of hydrogen-bond donors (Lipinski definition) is 2. The van der Waals surface area contributed by atoms with Crippen LogP contribution in [0, 0.1) is 0 Å². The van der Waals surface area contributed by atoms with Gasteiger partial charge in [-0.15, -0.1) is 0 Å². The zero-order chi connectivity index (χ0) is 19.5. The molecule has 27 heavy (non-hydrogen) atoms. The molecule has 0 aliphatic heterocycles. The van der Waals surface area contributed by atoms with Crippen LogP contribution in [0.25, 0.3) is 0 Å². The van der Waals surface area contributed by atoms with Crippen LogP contribution in [0.3, 0.4) is 0 Å². The average Bonchev–Trinajstić information content (AvgIpc) is 2.69. The van der Waals surface area contributed by atoms with Crippen molar-refractivity contribution in [3.63, 3.8) is 0 Å². The fraction of sp³-hybridized carbons (Fsp3) is 0.300. The molecular weight excluding hydrogens is 368 g/mol. The number of benzene rings is 2. The summed E-state index contributed by atoms with van der Waals surface area (Å²) in [6.07, 6.45) is 0.891. The fourth-order valence-corrected chi connectivity index (χ4v) is 2.42. The Bertz CT molecular complexity index is 750. The van der Waals surface area contributed by atoms with E-state index in [2.05, 4.69) is 10.6 Å². The number of methoxy groups -OCH3 is 1. The second-order valence-corrected chi connectivity index (χ2v) is 6.18. The monoisotopic (exact) mass is 390 g/mol. The Morgan fingerprint density at radius 1 is 1.00 bits per heavy atom. The molecule has 0 aliphatic carbocycles. The van der Waals surface area contributed by atoms with Crippen LogP contribution in [-0.4, -0.2) is 38.6 Å². The van der Waals surface area contributed by atoms with Gasteiger partial charge in [-0.05, 0) is 42.8 Å². The highest BCUT2D eigenvalue weighted by Crippen LogP contribution is 2.18. The van der Waals surface area contributed by atoms with Crippen LogP contribution in [0.5, 0.6) is 11.5 Å². The molecule has 0 spiro atoms. The van der Waals surface area contributed by atoms with Crippen molar-refractivity contribution in [2.75, 3.05) is 26.8 Å². The number of ether oxygens (including phenoxy) is 2. The van der Waals surface area contributed by atoms with Crippen molar-refractivity contribution in [2.45, 2.75) is 12.8 Å². The molecule has 7 heteroatoms. The topological polar surface area (TPSA) is 76.7 Å². The van der Waals surface area contributed by atoms with Crippen molar-refractivity contribution in [3.8, 4) is 11.5 Å². The van der Waals surface area contributed by atoms with Gasteiger partial charge in [-0.1, -0.05) is 17.7 Å². The SMILES string of the molecule is COc1cccc(OCCNC(=O)CCCNC(=O)c2ccc(Cl)cc2)c1. The Hall–Kier alpha value is -2.73. The van der Waals surface area contributed by atoms with Crippen molar-refractivity contribution in [1.29, 1.82) is 0 Å². The summed E-state index contributed by atoms with van der Waals surface area (Å²) in [5, 5.41) is 6.14. The minimum atomic E-state index is -0.182. The van der Waals surface area contributed by atoms with Crippen LogP contribution in [0.4, 0.5) is 0 Å². The Morgan fingerprint density at radius 2 is 1.74 bits per heavy atom. The molecule has 2 aromatic carbocycles. The first-order valence-electron chi connectivity index (χ1n) is 8.66. The molecule has 0 aliphatic rings. The maximum atomic E-state index is 11.9. The van der Waals surface area contributed by atoms with Crippen LogP contribution in [0.1, 0.15) is 23.2 Å². The normalized spacial score (nSPS) is 10.1. The van der Waals surface area contributed by atoms with Gasteiger partial charge in [0.2, 0.25) is 5.91 Å². The van der Waals surface area contributed by atoms with Gasteiger partial charge in [0.15, 0.2) is 0 Å². The van der Waals surface area contributed by atoms with E-state index < -0.39 is 0 Å². The maximum Gasteiger partial charge on any atom is 0.251 e. The first-order valence-corrected chi connectivity index (χ1v) is 9.03. The first-order chi connectivity index (χ1) is 13.1. The lowest BCUT2D eigenvalue weighted by molar-refractivity contribution is -0.121. The van der Waals surface area contributed by atoms with Crippen LogP contribution in [0.2, 0.25) is 5.02 Å². The quantitative estimate of drug-likeness (QED) is 0.611. The van der Waals surface area contributed by atoms with Gasteiger partial charge in [0.25, 0.3) is 5.91 Å². The highest BCUT2D eigenvalue weighted by Gasteiger charge is 2.06. The summed E-state index contributed by atoms with van der Waals surface area (Å²) in [5.41, 5.74) is 0.540. The minimum absolute atomic E-state index is 0.0787. The van der Waals surface area contributed by atoms with Crippen molar-refractivity contribution in [3.05, 3.63) is 59.1 Å². The number of rotatable bonds is 10. The zero-order valence-corrected chi connectivity index (χ0v) is 15.9. The Morgan fingerprint density at radius 3 is 2.48 bits per heavy atom. The van der Waals surface area contributed by atoms with E-state index in [0.29, 0.717) is 48.9 Å². The van der Waals surface area contributed by atoms with Crippen LogP contribution >= 0.6 is 11.6 Å². The lowest BCUT2D eigenvalue weighted by atomic mass is 10.2. The molecule has 144 valence electrons. The summed E-state index contributed by atoms with van der Waals surface area (Å²) in [6, 6.07) is 13.9. The number of halogens is 1. The molecule has 2 rings (SSSR count). The molecule has 0 saturated heterocycles. The van der Waals surface area contributed by atoms with E-state index in [0.717, 1.165) is 5.75 Å². The maximum absolute atomic E-state index is 11.9. The second-order valence-electron chi connectivity index (χ2n) is 5.74. The van der Waals surface area contributed by atoms with Gasteiger partial charge in [-0.25, -0.2) is 0 Å². The summed E-state index contributed by atoms with van der Waals surface area (Å²) >= 11 is 5.79. The van der Waals surface area contributed by atoms with E-state index in [-0.39, 0.29) is 11.8 Å². The van der Waals surface area contributed by atoms with Crippen LogP contribution in [-0.2, 0) is 4.79 Å². The number of carbonyl (C=O) groups excluding carboxylic acids is 2. The van der Waals surface area contributed by atoms with Crippen LogP contribution in [0.15, 0.2) is 48.5 Å². The van der Waals surface area contributed by atoms with Gasteiger partial charge < -0.3 is 20.1 Å². The Kier molecular flexibility index (Phi) is 8.45. The van der Waals surface area contributed by atoms with E-state index in [1.807, 2.05) is 18.2 Å². The highest BCUT2D eigenvalue weighted by molar-refractivity contribution is 6.30. The van der Waals surface area contributed by atoms with Crippen molar-refractivity contribution < 1.29 is 19.1 Å². The summed E-state index contributed by atoms with van der Waals surface area (Å²) in [7, 11) is 1.59. The van der Waals surface area contributed by atoms with Crippen molar-refractivity contribution in [1.82, 2.24) is 10.6 Å². The third-order valence-electron chi connectivity index (χ3n) is 3.71. The molecule has 2 amide bonds. The molecule has 2 aromatic rings. The second kappa shape index (κ2) is 11.1. The van der Waals surface area contributed by atoms with Crippen LogP contribution < -0.4 is 20.1 Å². The van der Waals surface area contributed by atoms with E-state index in [1.54, 1.807) is 37.4 Å². The predicted octanol–water partition coefficient (Wildman–Crippen LogP) is 3.05. The summed E-state index contributed by atoms with van der Waals surface area (Å²) in [5.74, 6) is 1.15. The molecule has 6 nitrogen and oxygen atoms in total. The zero-order valence-electron chi connectivity index (χ0n) is 15.2. The summed E-state index contributed by atoms with van der Waals surface area (Å²) < 4.78 is 10.7. The number of nitrogens with one attached hydrogen (secondary N) is 2. The first kappa shape index (κ1) is 20.6. The lowest BCUT2D eigenvalue weighted by Crippen LogP contribution is -2.29. The Labute approximate surface area is 163 Å². The molecule has 0 heterocycles. The van der Waals surface area contributed by atoms with Gasteiger partial charge in [-0.2, -0.15) is 0 Å². The highest BCUT2D eigenvalue weighted by atomic mass is 35.5. The molecule has 0 unspecified atom stereocenters. The smallest absolute Gasteiger partial charge is 0.251 e. The van der Waals surface area contributed by atoms with E-state index >= 15 is 0 Å². The third kappa shape index (κ3) is 7.58. The fourth-order valence-electron chi connectivity index (χ4n) is 2.29. The van der Waals surface area contributed by atoms with E-state index in [9.17, 15) is 9.59 Å². The largest absolute Gasteiger partial charge is 0.497 e. The average molecular weight is 391 g/mol. The minimum Gasteiger partial charge on any atom is -0.497 e. The third-order valence-corrected chi connectivity index (χ3v) is 3.96. The van der Waals surface area contributed by atoms with Crippen molar-refractivity contribution in [2.24, 2.45) is 0 Å². The molecule has 0 atom stereocenters. The molecule has 2 N–H and O–H groups in total. The number of amides is 2. The lowest BCUT2D eigenvalue weighted by Gasteiger charge is -2.09. The standard InChI is InChI=1S/C20H23ClN2O4/c1-26-17-4-2-5-18(14-17)27-13-12-22-19(24)6-3-11-23-20(25)15-7-9-16(21)10-8-15/h2,4-5,7-10,14H,3,6,11-13H2,1H3,(H,22,24)(H,23,25). The van der Waals surface area contributed by atoms with Gasteiger partial charge in [-0.3, -0.25) is 9.59 Å². The number of carbonyl (C=O) groups is 2. The molecule has 0 bridgehead atoms. The van der Waals surface area contributed by atoms with Gasteiger partial charge in [0, 0.05) is 29.6 Å². The molecule has 0 fully saturated rings. The van der Waals surface area contributed by atoms with Gasteiger partial charge in [0.05, 0.1) is 13.7 Å². The van der Waals surface area contributed by atoms with Crippen molar-refractivity contribution >= 4 is 23.4 Å². The van der Waals surface area contributed by atoms with E-state index in [4.69, 9.17) is 21.1 Å². The summed E-state index contributed by atoms with van der Waals surface area (Å²) in [4.78, 5) is 23.7. The molecule has 0 radical (unpaired) electrons. The van der Waals surface area contributed by atoms with Gasteiger partial charge >= 0.3 is 0 Å². The Balaban J connectivity index is 1.55.